The minimum absolute atomic E-state index is 0.144. The lowest BCUT2D eigenvalue weighted by atomic mass is 9.82. The zero-order valence-electron chi connectivity index (χ0n) is 35.8. The van der Waals surface area contributed by atoms with E-state index >= 15 is 0 Å². The molecule has 0 aliphatic rings. The Morgan fingerprint density at radius 3 is 1.00 bits per heavy atom. The highest BCUT2D eigenvalue weighted by Crippen LogP contribution is 2.41. The zero-order chi connectivity index (χ0) is 41.5. The predicted octanol–water partition coefficient (Wildman–Crippen LogP) is 14.9. The van der Waals surface area contributed by atoms with Crippen molar-refractivity contribution in [3.8, 4) is 45.3 Å². The van der Waals surface area contributed by atoms with Crippen molar-refractivity contribution in [3.05, 3.63) is 180 Å². The summed E-state index contributed by atoms with van der Waals surface area (Å²) in [4.78, 5) is 11.2. The van der Waals surface area contributed by atoms with Gasteiger partial charge in [-0.2, -0.15) is 0 Å². The van der Waals surface area contributed by atoms with Gasteiger partial charge in [-0.25, -0.2) is 9.97 Å². The summed E-state index contributed by atoms with van der Waals surface area (Å²) in [7, 11) is 0. The van der Waals surface area contributed by atoms with Gasteiger partial charge in [0.25, 0.3) is 0 Å². The number of rotatable bonds is 5. The molecule has 0 radical (unpaired) electrons. The second-order valence-electron chi connectivity index (χ2n) is 18.4. The van der Waals surface area contributed by atoms with Gasteiger partial charge in [0.1, 0.15) is 0 Å². The Morgan fingerprint density at radius 1 is 0.367 bits per heavy atom. The van der Waals surface area contributed by atoms with E-state index in [1.807, 2.05) is 0 Å². The molecule has 6 aromatic carbocycles. The number of aryl methyl sites for hydroxylation is 2. The summed E-state index contributed by atoms with van der Waals surface area (Å²) in [5, 5.41) is 5.01. The van der Waals surface area contributed by atoms with Crippen molar-refractivity contribution in [1.29, 1.82) is 0 Å². The Labute approximate surface area is 352 Å². The smallest absolute Gasteiger partial charge is 0.0894 e. The Bertz CT molecular complexity index is 2980. The molecule has 0 fully saturated rings. The molecule has 0 aliphatic carbocycles. The van der Waals surface area contributed by atoms with Crippen molar-refractivity contribution in [3.63, 3.8) is 0 Å². The van der Waals surface area contributed by atoms with Crippen LogP contribution in [-0.2, 0) is 10.8 Å². The topological polar surface area (TPSA) is 35.6 Å². The maximum absolute atomic E-state index is 5.59. The summed E-state index contributed by atoms with van der Waals surface area (Å²) in [6.45, 7) is 18.1. The molecule has 4 nitrogen and oxygen atoms in total. The lowest BCUT2D eigenvalue weighted by molar-refractivity contribution is 0.588. The van der Waals surface area contributed by atoms with Crippen molar-refractivity contribution in [2.24, 2.45) is 0 Å². The third-order valence-corrected chi connectivity index (χ3v) is 12.3. The molecule has 0 spiro atoms. The van der Waals surface area contributed by atoms with Gasteiger partial charge in [-0.05, 0) is 108 Å². The molecule has 0 aliphatic heterocycles. The van der Waals surface area contributed by atoms with E-state index in [-0.39, 0.29) is 10.8 Å². The quantitative estimate of drug-likeness (QED) is 0.174. The molecular formula is C56H50N4. The fourth-order valence-electron chi connectivity index (χ4n) is 9.23. The van der Waals surface area contributed by atoms with Gasteiger partial charge in [0.15, 0.2) is 0 Å². The van der Waals surface area contributed by atoms with E-state index in [1.54, 1.807) is 0 Å². The third-order valence-electron chi connectivity index (χ3n) is 12.3. The van der Waals surface area contributed by atoms with Crippen LogP contribution in [0.25, 0.3) is 88.9 Å². The minimum atomic E-state index is -0.144. The Morgan fingerprint density at radius 2 is 0.683 bits per heavy atom. The number of pyridine rings is 2. The van der Waals surface area contributed by atoms with Gasteiger partial charge in [-0.3, -0.25) is 0 Å². The maximum atomic E-state index is 5.59. The molecule has 0 N–H and O–H groups in total. The van der Waals surface area contributed by atoms with E-state index in [2.05, 4.69) is 222 Å². The van der Waals surface area contributed by atoms with Crippen LogP contribution in [0, 0.1) is 13.8 Å². The summed E-state index contributed by atoms with van der Waals surface area (Å²) in [5.41, 5.74) is 17.5. The molecule has 10 aromatic rings. The second kappa shape index (κ2) is 13.9. The normalized spacial score (nSPS) is 12.3. The number of hydrogen-bond donors (Lipinski definition) is 0. The zero-order valence-corrected chi connectivity index (χ0v) is 35.8. The molecular weight excluding hydrogens is 729 g/mol. The van der Waals surface area contributed by atoms with Crippen LogP contribution in [0.1, 0.15) is 63.8 Å². The molecule has 0 bridgehead atoms. The van der Waals surface area contributed by atoms with Crippen LogP contribution >= 0.6 is 0 Å². The van der Waals surface area contributed by atoms with E-state index in [0.29, 0.717) is 0 Å². The number of fused-ring (bicyclic) bond motifs is 6. The number of benzene rings is 6. The first-order valence-electron chi connectivity index (χ1n) is 21.1. The van der Waals surface area contributed by atoms with E-state index in [1.165, 1.54) is 65.9 Å². The van der Waals surface area contributed by atoms with Crippen LogP contribution < -0.4 is 0 Å². The van der Waals surface area contributed by atoms with Crippen molar-refractivity contribution >= 4 is 43.6 Å². The molecule has 0 saturated carbocycles. The van der Waals surface area contributed by atoms with Gasteiger partial charge in [-0.15, -0.1) is 0 Å². The van der Waals surface area contributed by atoms with E-state index < -0.39 is 0 Å². The molecule has 4 heteroatoms. The van der Waals surface area contributed by atoms with Gasteiger partial charge in [0.05, 0.1) is 44.8 Å². The predicted molar refractivity (Wildman–Crippen MR) is 254 cm³/mol. The highest BCUT2D eigenvalue weighted by molar-refractivity contribution is 6.10. The summed E-state index contributed by atoms with van der Waals surface area (Å²) in [6.07, 6.45) is 0. The average Bonchev–Trinajstić information content (AvgIpc) is 3.76. The Kier molecular flexibility index (Phi) is 8.69. The second-order valence-corrected chi connectivity index (χ2v) is 18.4. The lowest BCUT2D eigenvalue weighted by Crippen LogP contribution is -2.15. The standard InChI is InChI=1S/C56H50N4/c1-35-25-27-37(59-49-21-13-9-17-39(49)40-18-10-14-22-50(40)59)33-43(35)53-45(55(3,4)5)29-31-47(57-53)48-32-30-46(56(6,7)8)54(58-48)44-34-38(28-26-36(44)2)60-51-23-15-11-19-41(51)42-20-12-16-24-52(42)60/h9-34H,1-8H3. The fraction of sp³-hybridized carbons (Fsp3) is 0.179. The highest BCUT2D eigenvalue weighted by atomic mass is 15.0. The van der Waals surface area contributed by atoms with Crippen LogP contribution in [0.5, 0.6) is 0 Å². The number of hydrogen-bond acceptors (Lipinski definition) is 2. The van der Waals surface area contributed by atoms with Gasteiger partial charge < -0.3 is 9.13 Å². The summed E-state index contributed by atoms with van der Waals surface area (Å²) >= 11 is 0. The molecule has 0 atom stereocenters. The van der Waals surface area contributed by atoms with Crippen LogP contribution in [0.15, 0.2) is 158 Å². The van der Waals surface area contributed by atoms with Crippen LogP contribution in [0.2, 0.25) is 0 Å². The Hall–Kier alpha value is -6.78. The van der Waals surface area contributed by atoms with Gasteiger partial charge in [0.2, 0.25) is 0 Å². The number of aromatic nitrogens is 4. The molecule has 0 amide bonds. The molecule has 0 unspecified atom stereocenters. The van der Waals surface area contributed by atoms with Crippen molar-refractivity contribution < 1.29 is 0 Å². The van der Waals surface area contributed by atoms with Crippen molar-refractivity contribution in [2.75, 3.05) is 0 Å². The fourth-order valence-corrected chi connectivity index (χ4v) is 9.23. The van der Waals surface area contributed by atoms with Crippen molar-refractivity contribution in [1.82, 2.24) is 19.1 Å². The first kappa shape index (κ1) is 37.5. The van der Waals surface area contributed by atoms with Crippen molar-refractivity contribution in [2.45, 2.75) is 66.2 Å². The van der Waals surface area contributed by atoms with Crippen LogP contribution in [0.3, 0.4) is 0 Å². The maximum Gasteiger partial charge on any atom is 0.0894 e. The van der Waals surface area contributed by atoms with Gasteiger partial charge in [0, 0.05) is 44.0 Å². The summed E-state index contributed by atoms with van der Waals surface area (Å²) in [5.74, 6) is 0. The van der Waals surface area contributed by atoms with E-state index in [0.717, 1.165) is 45.3 Å². The molecule has 10 rings (SSSR count). The Balaban J connectivity index is 1.15. The van der Waals surface area contributed by atoms with Gasteiger partial charge in [-0.1, -0.05) is 139 Å². The lowest BCUT2D eigenvalue weighted by Gasteiger charge is -2.25. The first-order chi connectivity index (χ1) is 28.9. The SMILES string of the molecule is Cc1ccc(-n2c3ccccc3c3ccccc32)cc1-c1nc(-c2ccc(C(C)(C)C)c(-c3cc(-n4c5ccccc5c5ccccc54)ccc3C)n2)ccc1C(C)(C)C. The largest absolute Gasteiger partial charge is 0.309 e. The van der Waals surface area contributed by atoms with E-state index in [4.69, 9.17) is 9.97 Å². The van der Waals surface area contributed by atoms with Gasteiger partial charge >= 0.3 is 0 Å². The minimum Gasteiger partial charge on any atom is -0.309 e. The highest BCUT2D eigenvalue weighted by Gasteiger charge is 2.26. The monoisotopic (exact) mass is 778 g/mol. The molecule has 60 heavy (non-hydrogen) atoms. The molecule has 294 valence electrons. The first-order valence-corrected chi connectivity index (χ1v) is 21.1. The summed E-state index contributed by atoms with van der Waals surface area (Å²) < 4.78 is 4.78. The van der Waals surface area contributed by atoms with Crippen LogP contribution in [0.4, 0.5) is 0 Å². The summed E-state index contributed by atoms with van der Waals surface area (Å²) in [6, 6.07) is 57.3. The molecule has 4 heterocycles. The number of nitrogens with zero attached hydrogens (tertiary/aromatic N) is 4. The van der Waals surface area contributed by atoms with E-state index in [9.17, 15) is 0 Å². The molecule has 4 aromatic heterocycles. The van der Waals surface area contributed by atoms with Crippen LogP contribution in [-0.4, -0.2) is 19.1 Å². The average molecular weight is 779 g/mol. The third kappa shape index (κ3) is 6.13. The number of para-hydroxylation sites is 4. The molecule has 0 saturated heterocycles.